The maximum absolute atomic E-state index is 12.8. The van der Waals surface area contributed by atoms with Gasteiger partial charge in [0, 0.05) is 29.3 Å². The Kier molecular flexibility index (Phi) is 6.03. The molecule has 0 atom stereocenters. The van der Waals surface area contributed by atoms with Crippen LogP contribution in [0.1, 0.15) is 35.2 Å². The molecule has 0 saturated carbocycles. The summed E-state index contributed by atoms with van der Waals surface area (Å²) in [6.07, 6.45) is 3.58. The molecule has 1 aliphatic rings. The van der Waals surface area contributed by atoms with Crippen molar-refractivity contribution in [1.82, 2.24) is 0 Å². The number of ketones is 2. The summed E-state index contributed by atoms with van der Waals surface area (Å²) in [6.45, 7) is 0. The predicted molar refractivity (Wildman–Crippen MR) is 114 cm³/mol. The first kappa shape index (κ1) is 19.8. The standard InChI is InChI=1S/C21H22N6O2/c22-20(23)27-21(24)26-17-10-9-14(19(29)13-5-2-1-3-6-13)11-18(17)25-15-7-4-8-16(28)12-15/h1-3,5-6,9-12,25H,4,7-8H2,(H6,22,23,24,26,27). The van der Waals surface area contributed by atoms with E-state index in [0.717, 1.165) is 18.5 Å². The quantitative estimate of drug-likeness (QED) is 0.349. The van der Waals surface area contributed by atoms with E-state index in [1.807, 2.05) is 6.07 Å². The van der Waals surface area contributed by atoms with E-state index in [9.17, 15) is 9.59 Å². The summed E-state index contributed by atoms with van der Waals surface area (Å²) in [5.74, 6) is -0.406. The third-order valence-corrected chi connectivity index (χ3v) is 4.27. The highest BCUT2D eigenvalue weighted by Crippen LogP contribution is 2.30. The van der Waals surface area contributed by atoms with Crippen LogP contribution in [0.4, 0.5) is 11.4 Å². The lowest BCUT2D eigenvalue weighted by atomic mass is 10.0. The van der Waals surface area contributed by atoms with Gasteiger partial charge in [0.15, 0.2) is 17.5 Å². The average molecular weight is 390 g/mol. The second kappa shape index (κ2) is 8.83. The number of anilines is 1. The Morgan fingerprint density at radius 2 is 1.72 bits per heavy atom. The van der Waals surface area contributed by atoms with Crippen LogP contribution >= 0.6 is 0 Å². The molecule has 2 aromatic rings. The largest absolute Gasteiger partial charge is 0.370 e. The molecule has 8 heteroatoms. The third kappa shape index (κ3) is 5.29. The second-order valence-electron chi connectivity index (χ2n) is 6.55. The number of carbonyl (C=O) groups is 2. The van der Waals surface area contributed by atoms with Crippen LogP contribution in [0.2, 0.25) is 0 Å². The second-order valence-corrected chi connectivity index (χ2v) is 6.55. The van der Waals surface area contributed by atoms with E-state index in [1.54, 1.807) is 48.5 Å². The lowest BCUT2D eigenvalue weighted by Gasteiger charge is -2.17. The summed E-state index contributed by atoms with van der Waals surface area (Å²) < 4.78 is 0. The summed E-state index contributed by atoms with van der Waals surface area (Å²) in [6, 6.07) is 13.9. The Bertz CT molecular complexity index is 1020. The summed E-state index contributed by atoms with van der Waals surface area (Å²) in [7, 11) is 0. The minimum atomic E-state index is -0.211. The van der Waals surface area contributed by atoms with Crippen LogP contribution in [0.3, 0.4) is 0 Å². The summed E-state index contributed by atoms with van der Waals surface area (Å²) in [5, 5.41) is 3.20. The van der Waals surface area contributed by atoms with Crippen LogP contribution in [0.25, 0.3) is 0 Å². The first-order chi connectivity index (χ1) is 13.9. The summed E-state index contributed by atoms with van der Waals surface area (Å²) in [4.78, 5) is 32.5. The number of carbonyl (C=O) groups excluding carboxylic acids is 2. The normalized spacial score (nSPS) is 14.1. The molecule has 0 heterocycles. The van der Waals surface area contributed by atoms with E-state index in [-0.39, 0.29) is 23.5 Å². The fourth-order valence-corrected chi connectivity index (χ4v) is 2.98. The van der Waals surface area contributed by atoms with Crippen molar-refractivity contribution < 1.29 is 9.59 Å². The molecule has 0 bridgehead atoms. The molecule has 0 amide bonds. The van der Waals surface area contributed by atoms with Crippen molar-refractivity contribution >= 4 is 34.9 Å². The van der Waals surface area contributed by atoms with Gasteiger partial charge >= 0.3 is 0 Å². The molecule has 3 rings (SSSR count). The summed E-state index contributed by atoms with van der Waals surface area (Å²) in [5.41, 5.74) is 19.2. The van der Waals surface area contributed by atoms with Gasteiger partial charge in [0.25, 0.3) is 0 Å². The highest BCUT2D eigenvalue weighted by Gasteiger charge is 2.15. The number of guanidine groups is 2. The Morgan fingerprint density at radius 3 is 2.41 bits per heavy atom. The molecule has 2 aromatic carbocycles. The van der Waals surface area contributed by atoms with Crippen LogP contribution < -0.4 is 22.5 Å². The number of nitrogens with two attached hydrogens (primary N) is 3. The van der Waals surface area contributed by atoms with Crippen molar-refractivity contribution in [1.29, 1.82) is 0 Å². The van der Waals surface area contributed by atoms with Gasteiger partial charge in [-0.2, -0.15) is 4.99 Å². The minimum absolute atomic E-state index is 0.0559. The van der Waals surface area contributed by atoms with E-state index < -0.39 is 0 Å². The molecule has 0 aliphatic heterocycles. The van der Waals surface area contributed by atoms with Crippen molar-refractivity contribution in [2.45, 2.75) is 19.3 Å². The van der Waals surface area contributed by atoms with Gasteiger partial charge < -0.3 is 22.5 Å². The van der Waals surface area contributed by atoms with E-state index in [4.69, 9.17) is 17.2 Å². The van der Waals surface area contributed by atoms with E-state index in [1.165, 1.54) is 0 Å². The molecule has 0 radical (unpaired) electrons. The smallest absolute Gasteiger partial charge is 0.223 e. The molecule has 148 valence electrons. The molecule has 8 nitrogen and oxygen atoms in total. The molecule has 0 unspecified atom stereocenters. The van der Waals surface area contributed by atoms with Gasteiger partial charge in [-0.3, -0.25) is 9.59 Å². The number of aliphatic imine (C=N–C) groups is 2. The molecule has 0 spiro atoms. The number of hydrogen-bond donors (Lipinski definition) is 4. The molecule has 0 fully saturated rings. The molecule has 1 aliphatic carbocycles. The van der Waals surface area contributed by atoms with Crippen LogP contribution in [0.15, 0.2) is 70.3 Å². The van der Waals surface area contributed by atoms with E-state index in [2.05, 4.69) is 15.3 Å². The molecular weight excluding hydrogens is 368 g/mol. The number of nitrogens with zero attached hydrogens (tertiary/aromatic N) is 2. The maximum Gasteiger partial charge on any atom is 0.223 e. The minimum Gasteiger partial charge on any atom is -0.370 e. The number of rotatable bonds is 5. The van der Waals surface area contributed by atoms with Crippen LogP contribution in [0, 0.1) is 0 Å². The van der Waals surface area contributed by atoms with Crippen LogP contribution in [-0.4, -0.2) is 23.5 Å². The fourth-order valence-electron chi connectivity index (χ4n) is 2.98. The lowest BCUT2D eigenvalue weighted by molar-refractivity contribution is -0.115. The van der Waals surface area contributed by atoms with Gasteiger partial charge in [0.05, 0.1) is 11.4 Å². The predicted octanol–water partition coefficient (Wildman–Crippen LogP) is 2.19. The summed E-state index contributed by atoms with van der Waals surface area (Å²) >= 11 is 0. The molecule has 0 saturated heterocycles. The number of nitrogens with one attached hydrogen (secondary N) is 1. The molecular formula is C21H22N6O2. The molecule has 0 aromatic heterocycles. The number of benzene rings is 2. The molecule has 29 heavy (non-hydrogen) atoms. The average Bonchev–Trinajstić information content (AvgIpc) is 2.69. The Morgan fingerprint density at radius 1 is 0.966 bits per heavy atom. The van der Waals surface area contributed by atoms with Gasteiger partial charge in [-0.05, 0) is 31.0 Å². The SMILES string of the molecule is NC(N)=NC(N)=Nc1ccc(C(=O)c2ccccc2)cc1NC1=CC(=O)CCC1. The zero-order valence-corrected chi connectivity index (χ0v) is 15.8. The molecule has 7 N–H and O–H groups in total. The van der Waals surface area contributed by atoms with Crippen molar-refractivity contribution in [2.24, 2.45) is 27.2 Å². The monoisotopic (exact) mass is 390 g/mol. The van der Waals surface area contributed by atoms with Gasteiger partial charge in [0.1, 0.15) is 0 Å². The van der Waals surface area contributed by atoms with Crippen LogP contribution in [0.5, 0.6) is 0 Å². The Hall–Kier alpha value is -3.94. The van der Waals surface area contributed by atoms with E-state index >= 15 is 0 Å². The van der Waals surface area contributed by atoms with Crippen molar-refractivity contribution in [3.63, 3.8) is 0 Å². The zero-order chi connectivity index (χ0) is 20.8. The Balaban J connectivity index is 2.01. The van der Waals surface area contributed by atoms with Gasteiger partial charge in [-0.15, -0.1) is 0 Å². The first-order valence-electron chi connectivity index (χ1n) is 9.10. The van der Waals surface area contributed by atoms with Gasteiger partial charge in [-0.1, -0.05) is 30.3 Å². The maximum atomic E-state index is 12.8. The number of allylic oxidation sites excluding steroid dienone is 2. The van der Waals surface area contributed by atoms with Crippen molar-refractivity contribution in [3.05, 3.63) is 71.4 Å². The van der Waals surface area contributed by atoms with Crippen LogP contribution in [-0.2, 0) is 4.79 Å². The lowest BCUT2D eigenvalue weighted by Crippen LogP contribution is -2.26. The third-order valence-electron chi connectivity index (χ3n) is 4.27. The zero-order valence-electron chi connectivity index (χ0n) is 15.8. The highest BCUT2D eigenvalue weighted by molar-refractivity contribution is 6.10. The number of hydrogen-bond acceptors (Lipinski definition) is 4. The topological polar surface area (TPSA) is 149 Å². The van der Waals surface area contributed by atoms with Crippen molar-refractivity contribution in [2.75, 3.05) is 5.32 Å². The Labute approximate surface area is 168 Å². The first-order valence-corrected chi connectivity index (χ1v) is 9.10. The van der Waals surface area contributed by atoms with Gasteiger partial charge in [-0.25, -0.2) is 4.99 Å². The van der Waals surface area contributed by atoms with Crippen molar-refractivity contribution in [3.8, 4) is 0 Å². The van der Waals surface area contributed by atoms with Gasteiger partial charge in [0.2, 0.25) is 5.96 Å². The fraction of sp³-hybridized carbons (Fsp3) is 0.143. The highest BCUT2D eigenvalue weighted by atomic mass is 16.1. The van der Waals surface area contributed by atoms with E-state index in [0.29, 0.717) is 28.9 Å².